The van der Waals surface area contributed by atoms with Gasteiger partial charge >= 0.3 is 0 Å². The van der Waals surface area contributed by atoms with Gasteiger partial charge in [0, 0.05) is 0 Å². The van der Waals surface area contributed by atoms with E-state index in [4.69, 9.17) is 0 Å². The van der Waals surface area contributed by atoms with Crippen molar-refractivity contribution in [2.75, 3.05) is 6.54 Å². The minimum atomic E-state index is 0.404. The third kappa shape index (κ3) is 1.95. The third-order valence-electron chi connectivity index (χ3n) is 3.05. The molecule has 14 heavy (non-hydrogen) atoms. The van der Waals surface area contributed by atoms with Crippen LogP contribution in [0.2, 0.25) is 0 Å². The maximum Gasteiger partial charge on any atom is 0.0996 e. The van der Waals surface area contributed by atoms with Gasteiger partial charge in [0.15, 0.2) is 0 Å². The molecule has 2 rings (SSSR count). The molecule has 0 aliphatic heterocycles. The van der Waals surface area contributed by atoms with E-state index >= 15 is 0 Å². The summed E-state index contributed by atoms with van der Waals surface area (Å²) < 4.78 is 0. The van der Waals surface area contributed by atoms with E-state index in [0.29, 0.717) is 6.04 Å². The van der Waals surface area contributed by atoms with Crippen molar-refractivity contribution in [3.8, 4) is 0 Å². The van der Waals surface area contributed by atoms with Crippen LogP contribution in [0.1, 0.15) is 44.3 Å². The molecule has 1 saturated carbocycles. The van der Waals surface area contributed by atoms with Gasteiger partial charge in [0.1, 0.15) is 0 Å². The van der Waals surface area contributed by atoms with Gasteiger partial charge in [0.25, 0.3) is 0 Å². The molecule has 1 atom stereocenters. The average molecular weight is 194 g/mol. The number of nitrogens with zero attached hydrogens (tertiary/aromatic N) is 2. The number of rotatable bonds is 4. The standard InChI is InChI=1S/C10H18N4/c1-2-11-10(8-5-3-4-6-8)9-7-12-14-13-9/h7-8,10-11H,2-6H2,1H3,(H,12,13,14). The number of hydrogen-bond donors (Lipinski definition) is 2. The van der Waals surface area contributed by atoms with E-state index in [0.717, 1.165) is 18.2 Å². The largest absolute Gasteiger partial charge is 0.309 e. The monoisotopic (exact) mass is 194 g/mol. The molecule has 0 radical (unpaired) electrons. The molecular formula is C10H18N4. The zero-order valence-electron chi connectivity index (χ0n) is 8.66. The summed E-state index contributed by atoms with van der Waals surface area (Å²) in [5.41, 5.74) is 1.07. The van der Waals surface area contributed by atoms with Crippen molar-refractivity contribution < 1.29 is 0 Å². The van der Waals surface area contributed by atoms with E-state index in [1.807, 2.05) is 6.20 Å². The van der Waals surface area contributed by atoms with Crippen molar-refractivity contribution >= 4 is 0 Å². The van der Waals surface area contributed by atoms with E-state index in [9.17, 15) is 0 Å². The van der Waals surface area contributed by atoms with Crippen LogP contribution < -0.4 is 5.32 Å². The third-order valence-corrected chi connectivity index (χ3v) is 3.05. The molecule has 1 aliphatic rings. The Morgan fingerprint density at radius 1 is 1.57 bits per heavy atom. The quantitative estimate of drug-likeness (QED) is 0.766. The number of aromatic amines is 1. The Labute approximate surface area is 84.5 Å². The molecule has 1 aromatic rings. The first-order valence-corrected chi connectivity index (χ1v) is 5.51. The van der Waals surface area contributed by atoms with Crippen LogP contribution in [-0.4, -0.2) is 22.0 Å². The summed E-state index contributed by atoms with van der Waals surface area (Å²) in [7, 11) is 0. The fourth-order valence-corrected chi connectivity index (χ4v) is 2.38. The van der Waals surface area contributed by atoms with Crippen LogP contribution in [-0.2, 0) is 0 Å². The molecule has 2 N–H and O–H groups in total. The highest BCUT2D eigenvalue weighted by molar-refractivity contribution is 5.02. The van der Waals surface area contributed by atoms with E-state index in [1.54, 1.807) is 0 Å². The van der Waals surface area contributed by atoms with Gasteiger partial charge in [-0.3, -0.25) is 0 Å². The molecule has 0 spiro atoms. The second-order valence-electron chi connectivity index (χ2n) is 3.97. The van der Waals surface area contributed by atoms with Crippen LogP contribution in [0.4, 0.5) is 0 Å². The summed E-state index contributed by atoms with van der Waals surface area (Å²) in [6.07, 6.45) is 7.22. The Bertz CT molecular complexity index is 251. The molecule has 0 saturated heterocycles. The van der Waals surface area contributed by atoms with Gasteiger partial charge in [-0.15, -0.1) is 0 Å². The smallest absolute Gasteiger partial charge is 0.0996 e. The van der Waals surface area contributed by atoms with Gasteiger partial charge in [0.05, 0.1) is 17.9 Å². The zero-order chi connectivity index (χ0) is 9.80. The van der Waals surface area contributed by atoms with Crippen LogP contribution in [0.3, 0.4) is 0 Å². The van der Waals surface area contributed by atoms with Gasteiger partial charge in [-0.05, 0) is 25.3 Å². The molecule has 0 amide bonds. The molecule has 4 nitrogen and oxygen atoms in total. The highest BCUT2D eigenvalue weighted by Gasteiger charge is 2.27. The van der Waals surface area contributed by atoms with Crippen molar-refractivity contribution in [3.05, 3.63) is 11.9 Å². The summed E-state index contributed by atoms with van der Waals surface area (Å²) in [4.78, 5) is 0. The molecule has 0 aromatic carbocycles. The van der Waals surface area contributed by atoms with Crippen LogP contribution in [0.5, 0.6) is 0 Å². The maximum atomic E-state index is 4.18. The fraction of sp³-hybridized carbons (Fsp3) is 0.800. The SMILES string of the molecule is CCNC(c1cn[nH]n1)C1CCCC1. The summed E-state index contributed by atoms with van der Waals surface area (Å²) in [5, 5.41) is 14.3. The Morgan fingerprint density at radius 2 is 2.36 bits per heavy atom. The van der Waals surface area contributed by atoms with Gasteiger partial charge in [-0.25, -0.2) is 0 Å². The van der Waals surface area contributed by atoms with Crippen LogP contribution >= 0.6 is 0 Å². The highest BCUT2D eigenvalue weighted by atomic mass is 15.3. The number of aromatic nitrogens is 3. The lowest BCUT2D eigenvalue weighted by Gasteiger charge is -2.21. The zero-order valence-corrected chi connectivity index (χ0v) is 8.66. The van der Waals surface area contributed by atoms with E-state index in [1.165, 1.54) is 25.7 Å². The molecule has 0 bridgehead atoms. The maximum absolute atomic E-state index is 4.18. The molecule has 4 heteroatoms. The first-order valence-electron chi connectivity index (χ1n) is 5.51. The van der Waals surface area contributed by atoms with Crippen molar-refractivity contribution in [2.45, 2.75) is 38.6 Å². The van der Waals surface area contributed by atoms with E-state index in [-0.39, 0.29) is 0 Å². The molecule has 1 unspecified atom stereocenters. The second kappa shape index (κ2) is 4.55. The predicted molar refractivity (Wildman–Crippen MR) is 54.8 cm³/mol. The van der Waals surface area contributed by atoms with Crippen molar-refractivity contribution in [1.82, 2.24) is 20.7 Å². The average Bonchev–Trinajstić information content (AvgIpc) is 2.87. The molecule has 1 fully saturated rings. The van der Waals surface area contributed by atoms with Crippen molar-refractivity contribution in [1.29, 1.82) is 0 Å². The normalized spacial score (nSPS) is 20.1. The minimum Gasteiger partial charge on any atom is -0.309 e. The van der Waals surface area contributed by atoms with Gasteiger partial charge in [0.2, 0.25) is 0 Å². The summed E-state index contributed by atoms with van der Waals surface area (Å²) in [5.74, 6) is 0.750. The topological polar surface area (TPSA) is 53.6 Å². The number of H-pyrrole nitrogens is 1. The Morgan fingerprint density at radius 3 is 2.93 bits per heavy atom. The summed E-state index contributed by atoms with van der Waals surface area (Å²) in [6, 6.07) is 0.404. The van der Waals surface area contributed by atoms with Crippen LogP contribution in [0.15, 0.2) is 6.20 Å². The Balaban J connectivity index is 2.06. The molecule has 1 heterocycles. The number of nitrogens with one attached hydrogen (secondary N) is 2. The van der Waals surface area contributed by atoms with Crippen LogP contribution in [0, 0.1) is 5.92 Å². The summed E-state index contributed by atoms with van der Waals surface area (Å²) in [6.45, 7) is 3.13. The first kappa shape index (κ1) is 9.65. The lowest BCUT2D eigenvalue weighted by atomic mass is 9.96. The minimum absolute atomic E-state index is 0.404. The predicted octanol–water partition coefficient (Wildman–Crippen LogP) is 1.65. The lowest BCUT2D eigenvalue weighted by Crippen LogP contribution is -2.27. The summed E-state index contributed by atoms with van der Waals surface area (Å²) >= 11 is 0. The molecule has 1 aromatic heterocycles. The van der Waals surface area contributed by atoms with E-state index in [2.05, 4.69) is 27.7 Å². The Hall–Kier alpha value is -0.900. The Kier molecular flexibility index (Phi) is 3.14. The van der Waals surface area contributed by atoms with Crippen LogP contribution in [0.25, 0.3) is 0 Å². The molecule has 78 valence electrons. The van der Waals surface area contributed by atoms with Crippen molar-refractivity contribution in [2.24, 2.45) is 5.92 Å². The second-order valence-corrected chi connectivity index (χ2v) is 3.97. The van der Waals surface area contributed by atoms with Gasteiger partial charge < -0.3 is 5.32 Å². The lowest BCUT2D eigenvalue weighted by molar-refractivity contribution is 0.367. The first-order chi connectivity index (χ1) is 6.92. The highest BCUT2D eigenvalue weighted by Crippen LogP contribution is 2.34. The van der Waals surface area contributed by atoms with Crippen molar-refractivity contribution in [3.63, 3.8) is 0 Å². The molecule has 1 aliphatic carbocycles. The number of hydrogen-bond acceptors (Lipinski definition) is 3. The fourth-order valence-electron chi connectivity index (χ4n) is 2.38. The van der Waals surface area contributed by atoms with Gasteiger partial charge in [-0.1, -0.05) is 19.8 Å². The van der Waals surface area contributed by atoms with E-state index < -0.39 is 0 Å². The molecular weight excluding hydrogens is 176 g/mol. The van der Waals surface area contributed by atoms with Gasteiger partial charge in [-0.2, -0.15) is 15.4 Å².